The molecule has 1 saturated carbocycles. The number of ether oxygens (including phenoxy) is 2. The van der Waals surface area contributed by atoms with Crippen molar-refractivity contribution in [2.45, 2.75) is 128 Å². The summed E-state index contributed by atoms with van der Waals surface area (Å²) in [5, 5.41) is 28.6. The van der Waals surface area contributed by atoms with E-state index in [0.29, 0.717) is 99.1 Å². The average molecular weight is 1170 g/mol. The van der Waals surface area contributed by atoms with Crippen molar-refractivity contribution in [1.29, 1.82) is 5.41 Å². The van der Waals surface area contributed by atoms with Crippen LogP contribution in [0.2, 0.25) is 0 Å². The third kappa shape index (κ3) is 15.1. The van der Waals surface area contributed by atoms with Gasteiger partial charge in [-0.25, -0.2) is 28.6 Å². The highest BCUT2D eigenvalue weighted by molar-refractivity contribution is 6.06. The van der Waals surface area contributed by atoms with E-state index in [1.54, 1.807) is 17.7 Å². The van der Waals surface area contributed by atoms with Gasteiger partial charge < -0.3 is 46.2 Å². The molecule has 446 valence electrons. The maximum absolute atomic E-state index is 16.0. The van der Waals surface area contributed by atoms with Gasteiger partial charge in [-0.15, -0.1) is 0 Å². The smallest absolute Gasteiger partial charge is 0.407 e. The van der Waals surface area contributed by atoms with Crippen LogP contribution in [0.5, 0.6) is 0 Å². The van der Waals surface area contributed by atoms with Gasteiger partial charge in [0, 0.05) is 79.5 Å². The van der Waals surface area contributed by atoms with Crippen molar-refractivity contribution in [3.63, 3.8) is 0 Å². The van der Waals surface area contributed by atoms with Crippen LogP contribution in [0, 0.1) is 45.6 Å². The van der Waals surface area contributed by atoms with Crippen LogP contribution in [0.4, 0.5) is 54.6 Å². The number of amides is 4. The summed E-state index contributed by atoms with van der Waals surface area (Å²) in [7, 11) is 0.822. The zero-order valence-corrected chi connectivity index (χ0v) is 45.2. The van der Waals surface area contributed by atoms with E-state index in [0.717, 1.165) is 52.3 Å². The number of carbonyl (C=O) groups excluding carboxylic acids is 4. The number of fused-ring (bicyclic) bond motifs is 2. The summed E-state index contributed by atoms with van der Waals surface area (Å²) in [5.74, 6) is -1.15. The fraction of sp³-hybridized carbons (Fsp3) is 0.537. The number of aliphatic hydroxyl groups is 1. The van der Waals surface area contributed by atoms with Gasteiger partial charge in [0.25, 0.3) is 5.91 Å². The minimum Gasteiger partial charge on any atom is -0.453 e. The molecule has 2 aromatic carbocycles. The lowest BCUT2D eigenvalue weighted by Gasteiger charge is -2.47. The van der Waals surface area contributed by atoms with Crippen LogP contribution in [0.25, 0.3) is 0 Å². The van der Waals surface area contributed by atoms with E-state index in [9.17, 15) is 59.4 Å². The Hall–Kier alpha value is -7.09. The van der Waals surface area contributed by atoms with Gasteiger partial charge in [0.2, 0.25) is 17.8 Å². The van der Waals surface area contributed by atoms with Gasteiger partial charge in [0.1, 0.15) is 23.7 Å². The molecule has 4 aliphatic rings. The average Bonchev–Trinajstić information content (AvgIpc) is 3.70. The quantitative estimate of drug-likeness (QED) is 0.0214. The summed E-state index contributed by atoms with van der Waals surface area (Å²) >= 11 is 0. The van der Waals surface area contributed by atoms with Crippen LogP contribution >= 0.6 is 0 Å². The number of rotatable bonds is 22. The number of nitrogens with zero attached hydrogens (tertiary/aromatic N) is 5. The lowest BCUT2D eigenvalue weighted by Crippen LogP contribution is -2.63. The number of hydrogen-bond donors (Lipinski definition) is 7. The second kappa shape index (κ2) is 25.6. The van der Waals surface area contributed by atoms with Crippen molar-refractivity contribution >= 4 is 35.5 Å². The van der Waals surface area contributed by atoms with Crippen LogP contribution < -0.4 is 31.6 Å². The molecule has 28 heteroatoms. The number of aromatic nitrogens is 2. The van der Waals surface area contributed by atoms with Crippen LogP contribution in [0.1, 0.15) is 81.2 Å². The number of piperazine rings is 1. The highest BCUT2D eigenvalue weighted by Crippen LogP contribution is 2.43. The number of aliphatic hydroxyl groups excluding tert-OH is 1. The first-order valence-electron chi connectivity index (χ1n) is 26.1. The van der Waals surface area contributed by atoms with Gasteiger partial charge >= 0.3 is 25.0 Å². The second-order valence-corrected chi connectivity index (χ2v) is 21.7. The predicted octanol–water partition coefficient (Wildman–Crippen LogP) is 5.62. The SMILES string of the molecule is COC(=O)N[C@H](C(=O)N[C@@H](Cc1ccc(C#Cc2cnc(N3CC4CCC(C3)N4C3COC3)nc2)cc1)[C@@H](O)CN(Cc1c(F)cc(C(=N)/C=C\NC(F)F)cc1F)NC(=O)[C@@H](NC(=O)C1CC1)C(C)(C)C(F)(F)F)C(C)(C)C(F)(F)F. The predicted molar refractivity (Wildman–Crippen MR) is 275 cm³/mol. The lowest BCUT2D eigenvalue weighted by atomic mass is 9.82. The van der Waals surface area contributed by atoms with Crippen molar-refractivity contribution < 1.29 is 77.7 Å². The Morgan fingerprint density at radius 1 is 0.829 bits per heavy atom. The largest absolute Gasteiger partial charge is 0.453 e. The number of alkyl halides is 8. The molecule has 2 unspecified atom stereocenters. The molecule has 4 fully saturated rings. The lowest BCUT2D eigenvalue weighted by molar-refractivity contribution is -0.222. The Kier molecular flexibility index (Phi) is 19.5. The van der Waals surface area contributed by atoms with Crippen molar-refractivity contribution in [2.24, 2.45) is 16.7 Å². The molecule has 7 N–H and O–H groups in total. The van der Waals surface area contributed by atoms with E-state index < -0.39 is 132 Å². The molecule has 4 amide bonds. The summed E-state index contributed by atoms with van der Waals surface area (Å²) in [6.45, 7) is 0.143. The molecule has 3 aromatic rings. The fourth-order valence-corrected chi connectivity index (χ4v) is 9.69. The Labute approximate surface area is 465 Å². The minimum atomic E-state index is -5.18. The van der Waals surface area contributed by atoms with Gasteiger partial charge in [-0.1, -0.05) is 24.0 Å². The monoisotopic (exact) mass is 1170 g/mol. The van der Waals surface area contributed by atoms with E-state index >= 15 is 8.78 Å². The number of hydrogen-bond acceptors (Lipinski definition) is 14. The van der Waals surface area contributed by atoms with E-state index in [-0.39, 0.29) is 5.56 Å². The Bertz CT molecular complexity index is 2860. The van der Waals surface area contributed by atoms with Crippen molar-refractivity contribution in [1.82, 2.24) is 46.6 Å². The third-order valence-corrected chi connectivity index (χ3v) is 15.1. The number of carbonyl (C=O) groups is 4. The summed E-state index contributed by atoms with van der Waals surface area (Å²) in [5.41, 5.74) is -4.88. The first kappa shape index (κ1) is 62.5. The number of halogens is 10. The molecule has 4 heterocycles. The molecular formula is C54H63F10N11O7. The molecule has 1 aromatic heterocycles. The molecule has 1 aliphatic carbocycles. The van der Waals surface area contributed by atoms with Crippen molar-refractivity contribution in [3.05, 3.63) is 101 Å². The fourth-order valence-electron chi connectivity index (χ4n) is 9.69. The number of methoxy groups -OCH3 is 1. The summed E-state index contributed by atoms with van der Waals surface area (Å²) in [4.78, 5) is 67.5. The molecule has 3 aliphatic heterocycles. The Morgan fingerprint density at radius 2 is 1.39 bits per heavy atom. The standard InChI is InChI=1S/C54H63F10N11O7/c1-51(2,53(59,60)61)43(71-50(80)81-5)46(78)69-41(18-30-9-6-29(7-10-30)8-11-31-21-67-49(68-22-31)73-23-34-14-15-35(24-73)75(34)36-27-82-28-36)42(76)26-74(25-37-38(55)19-33(20-39(37)56)40(65)16-17-66-48(57)58)72-47(79)44(52(3,4)54(62,63)64)70-45(77)32-12-13-32/h6-7,9-10,16-17,19-22,32,34-36,41-44,48,65-66,76H,12-15,18,23-28H2,1-5H3,(H,69,78)(H,70,77)(H,71,80)(H,72,79)/b17-16-,65-40?/t34?,35?,41-,42-,43+,44+/m0/s1. The molecule has 7 rings (SSSR count). The summed E-state index contributed by atoms with van der Waals surface area (Å²) < 4.78 is 155. The zero-order valence-electron chi connectivity index (χ0n) is 45.2. The van der Waals surface area contributed by atoms with Crippen LogP contribution in [-0.2, 0) is 36.8 Å². The molecule has 18 nitrogen and oxygen atoms in total. The van der Waals surface area contributed by atoms with Gasteiger partial charge in [-0.2, -0.15) is 35.1 Å². The normalized spacial score (nSPS) is 19.4. The van der Waals surface area contributed by atoms with Gasteiger partial charge in [-0.3, -0.25) is 24.7 Å². The molecular weight excluding hydrogens is 1100 g/mol. The molecule has 82 heavy (non-hydrogen) atoms. The van der Waals surface area contributed by atoms with E-state index in [4.69, 9.17) is 10.1 Å². The first-order chi connectivity index (χ1) is 38.5. The third-order valence-electron chi connectivity index (χ3n) is 15.1. The Balaban J connectivity index is 1.18. The molecule has 3 saturated heterocycles. The topological polar surface area (TPSA) is 226 Å². The zero-order chi connectivity index (χ0) is 60.1. The maximum Gasteiger partial charge on any atom is 0.407 e. The first-order valence-corrected chi connectivity index (χ1v) is 26.1. The van der Waals surface area contributed by atoms with Crippen LogP contribution in [0.15, 0.2) is 61.1 Å². The van der Waals surface area contributed by atoms with Gasteiger partial charge in [0.15, 0.2) is 0 Å². The minimum absolute atomic E-state index is 0.271. The van der Waals surface area contributed by atoms with Crippen molar-refractivity contribution in [3.8, 4) is 11.8 Å². The van der Waals surface area contributed by atoms with E-state index in [1.165, 1.54) is 24.3 Å². The van der Waals surface area contributed by atoms with Crippen LogP contribution in [0.3, 0.4) is 0 Å². The summed E-state index contributed by atoms with van der Waals surface area (Å²) in [6, 6.07) is 1.76. The number of alkyl carbamates (subject to hydrolysis) is 1. The van der Waals surface area contributed by atoms with Crippen LogP contribution in [-0.4, -0.2) is 156 Å². The van der Waals surface area contributed by atoms with E-state index in [1.807, 2.05) is 5.32 Å². The maximum atomic E-state index is 16.0. The molecule has 2 bridgehead atoms. The molecule has 6 atom stereocenters. The second-order valence-electron chi connectivity index (χ2n) is 21.7. The van der Waals surface area contributed by atoms with Gasteiger partial charge in [-0.05, 0) is 95.7 Å². The highest BCUT2D eigenvalue weighted by atomic mass is 19.4. The number of hydrazine groups is 1. The summed E-state index contributed by atoms with van der Waals surface area (Å²) in [6.07, 6.45) is -7.10. The molecule has 0 spiro atoms. The van der Waals surface area contributed by atoms with Gasteiger partial charge in [0.05, 0.1) is 60.6 Å². The van der Waals surface area contributed by atoms with E-state index in [2.05, 4.69) is 52.4 Å². The number of anilines is 1. The number of allylic oxidation sites excluding steroid dienone is 1. The van der Waals surface area contributed by atoms with Crippen molar-refractivity contribution in [2.75, 3.05) is 44.9 Å². The number of benzene rings is 2. The Morgan fingerprint density at radius 3 is 1.90 bits per heavy atom. The highest BCUT2D eigenvalue weighted by Gasteiger charge is 2.57. The molecule has 0 radical (unpaired) electrons. The number of nitrogens with one attached hydrogen (secondary N) is 6.